The zero-order valence-corrected chi connectivity index (χ0v) is 23.2. The number of rotatable bonds is 5. The lowest BCUT2D eigenvalue weighted by atomic mass is 9.73. The maximum absolute atomic E-state index is 13.4. The minimum Gasteiger partial charge on any atom is -0.454 e. The van der Waals surface area contributed by atoms with Crippen molar-refractivity contribution in [2.75, 3.05) is 26.2 Å². The largest absolute Gasteiger partial charge is 0.454 e. The van der Waals surface area contributed by atoms with E-state index in [1.54, 1.807) is 17.0 Å². The molecule has 212 valence electrons. The second-order valence-corrected chi connectivity index (χ2v) is 11.3. The Morgan fingerprint density at radius 3 is 2.36 bits per heavy atom. The molecule has 0 aromatic heterocycles. The second-order valence-electron chi connectivity index (χ2n) is 11.3. The van der Waals surface area contributed by atoms with Gasteiger partial charge in [0, 0.05) is 19.0 Å². The molecule has 0 spiro atoms. The van der Waals surface area contributed by atoms with E-state index < -0.39 is 23.8 Å². The van der Waals surface area contributed by atoms with Gasteiger partial charge in [0.25, 0.3) is 0 Å². The number of hydrogen-bond donors (Lipinski definition) is 2. The van der Waals surface area contributed by atoms with Crippen molar-refractivity contribution in [2.24, 2.45) is 11.8 Å². The summed E-state index contributed by atoms with van der Waals surface area (Å²) in [5.74, 6) is -0.650. The summed E-state index contributed by atoms with van der Waals surface area (Å²) in [6, 6.07) is 18.6. The van der Waals surface area contributed by atoms with Gasteiger partial charge in [-0.25, -0.2) is 9.59 Å². The van der Waals surface area contributed by atoms with Crippen molar-refractivity contribution < 1.29 is 24.2 Å². The van der Waals surface area contributed by atoms with Crippen LogP contribution in [0.1, 0.15) is 74.2 Å². The van der Waals surface area contributed by atoms with Crippen LogP contribution in [0.5, 0.6) is 0 Å². The van der Waals surface area contributed by atoms with Crippen molar-refractivity contribution in [3.8, 4) is 0 Å². The maximum atomic E-state index is 13.4. The Kier molecular flexibility index (Phi) is 10.8. The molecular weight excluding hydrogens is 492 g/mol. The Morgan fingerprint density at radius 1 is 0.949 bits per heavy atom. The smallest absolute Gasteiger partial charge is 0.410 e. The fourth-order valence-corrected chi connectivity index (χ4v) is 6.11. The third kappa shape index (κ3) is 8.29. The Morgan fingerprint density at radius 2 is 1.62 bits per heavy atom. The van der Waals surface area contributed by atoms with E-state index in [4.69, 9.17) is 9.47 Å². The summed E-state index contributed by atoms with van der Waals surface area (Å²) >= 11 is 0. The highest BCUT2D eigenvalue weighted by Gasteiger charge is 2.47. The minimum atomic E-state index is -1.03. The molecule has 1 aliphatic heterocycles. The van der Waals surface area contributed by atoms with Crippen molar-refractivity contribution in [2.45, 2.75) is 76.6 Å². The highest BCUT2D eigenvalue weighted by Crippen LogP contribution is 2.38. The van der Waals surface area contributed by atoms with Gasteiger partial charge in [0.1, 0.15) is 12.2 Å². The quantitative estimate of drug-likeness (QED) is 0.486. The lowest BCUT2D eigenvalue weighted by Crippen LogP contribution is -2.56. The third-order valence-corrected chi connectivity index (χ3v) is 8.28. The van der Waals surface area contributed by atoms with Crippen LogP contribution in [-0.2, 0) is 16.1 Å². The minimum absolute atomic E-state index is 0.0514. The Hall–Kier alpha value is -2.90. The number of aliphatic hydroxyl groups excluding tert-OH is 1. The molecule has 39 heavy (non-hydrogen) atoms. The van der Waals surface area contributed by atoms with Crippen molar-refractivity contribution in [3.63, 3.8) is 0 Å². The van der Waals surface area contributed by atoms with Crippen molar-refractivity contribution in [1.82, 2.24) is 10.2 Å². The number of esters is 1. The first-order valence-corrected chi connectivity index (χ1v) is 14.6. The van der Waals surface area contributed by atoms with Crippen LogP contribution >= 0.6 is 0 Å². The Bertz CT molecular complexity index is 1030. The van der Waals surface area contributed by atoms with Crippen LogP contribution in [0.4, 0.5) is 4.79 Å². The van der Waals surface area contributed by atoms with Gasteiger partial charge in [-0.1, -0.05) is 80.6 Å². The molecule has 7 nitrogen and oxygen atoms in total. The number of carbonyl (C=O) groups is 2. The van der Waals surface area contributed by atoms with Crippen LogP contribution in [0.15, 0.2) is 60.7 Å². The zero-order chi connectivity index (χ0) is 27.5. The molecule has 2 aliphatic rings. The van der Waals surface area contributed by atoms with Gasteiger partial charge in [0.05, 0.1) is 18.2 Å². The molecule has 1 saturated heterocycles. The van der Waals surface area contributed by atoms with E-state index >= 15 is 0 Å². The molecule has 2 N–H and O–H groups in total. The Balaban J connectivity index is 1.62. The molecule has 1 aliphatic carbocycles. The number of hydrogen-bond acceptors (Lipinski definition) is 6. The standard InChI is InChI=1S/C32H44N2O5/c1-32(39-30(36)26-16-9-6-10-17-26)24-34(31(37)38-23-25-14-7-5-8-15-25)21-13-20-33-22-28(32)27-18-11-3-2-4-12-19-29(27)35/h5-10,14-17,27-29,33,35H,2-4,11-13,18-24H2,1H3. The molecule has 4 atom stereocenters. The number of nitrogens with one attached hydrogen (secondary N) is 1. The van der Waals surface area contributed by atoms with Gasteiger partial charge in [0.2, 0.25) is 0 Å². The van der Waals surface area contributed by atoms with E-state index in [1.165, 1.54) is 6.42 Å². The first kappa shape index (κ1) is 29.1. The van der Waals surface area contributed by atoms with Crippen molar-refractivity contribution in [1.29, 1.82) is 0 Å². The number of nitrogens with zero attached hydrogens (tertiary/aromatic N) is 1. The van der Waals surface area contributed by atoms with Gasteiger partial charge in [0.15, 0.2) is 0 Å². The van der Waals surface area contributed by atoms with Crippen LogP contribution in [0, 0.1) is 11.8 Å². The molecule has 7 heteroatoms. The molecule has 0 bridgehead atoms. The number of carbonyl (C=O) groups excluding carboxylic acids is 2. The van der Waals surface area contributed by atoms with E-state index in [0.29, 0.717) is 18.7 Å². The van der Waals surface area contributed by atoms with Crippen molar-refractivity contribution in [3.05, 3.63) is 71.8 Å². The number of amides is 1. The van der Waals surface area contributed by atoms with Gasteiger partial charge in [-0.3, -0.25) is 0 Å². The fourth-order valence-electron chi connectivity index (χ4n) is 6.11. The van der Waals surface area contributed by atoms with Gasteiger partial charge >= 0.3 is 12.1 Å². The second kappa shape index (κ2) is 14.5. The molecule has 4 rings (SSSR count). The normalized spacial score (nSPS) is 27.0. The van der Waals surface area contributed by atoms with Gasteiger partial charge in [-0.05, 0) is 56.3 Å². The van der Waals surface area contributed by atoms with Crippen LogP contribution in [0.3, 0.4) is 0 Å². The highest BCUT2D eigenvalue weighted by molar-refractivity contribution is 5.89. The fraction of sp³-hybridized carbons (Fsp3) is 0.562. The topological polar surface area (TPSA) is 88.1 Å². The van der Waals surface area contributed by atoms with E-state index in [1.807, 2.05) is 55.5 Å². The summed E-state index contributed by atoms with van der Waals surface area (Å²) in [6.07, 6.45) is 6.94. The van der Waals surface area contributed by atoms with E-state index in [9.17, 15) is 14.7 Å². The predicted octanol–water partition coefficient (Wildman–Crippen LogP) is 5.57. The summed E-state index contributed by atoms with van der Waals surface area (Å²) in [6.45, 7) is 4.13. The van der Waals surface area contributed by atoms with Crippen molar-refractivity contribution >= 4 is 12.1 Å². The van der Waals surface area contributed by atoms with Crippen LogP contribution in [0.2, 0.25) is 0 Å². The van der Waals surface area contributed by atoms with E-state index in [-0.39, 0.29) is 25.0 Å². The van der Waals surface area contributed by atoms with Crippen LogP contribution < -0.4 is 5.32 Å². The molecular formula is C32H44N2O5. The molecule has 0 radical (unpaired) electrons. The molecule has 1 saturated carbocycles. The lowest BCUT2D eigenvalue weighted by molar-refractivity contribution is -0.0884. The average Bonchev–Trinajstić information content (AvgIpc) is 3.10. The number of ether oxygens (including phenoxy) is 2. The molecule has 1 amide bonds. The van der Waals surface area contributed by atoms with E-state index in [0.717, 1.165) is 57.1 Å². The van der Waals surface area contributed by atoms with Gasteiger partial charge in [-0.2, -0.15) is 0 Å². The monoisotopic (exact) mass is 536 g/mol. The van der Waals surface area contributed by atoms with Gasteiger partial charge in [-0.15, -0.1) is 0 Å². The lowest BCUT2D eigenvalue weighted by Gasteiger charge is -2.44. The third-order valence-electron chi connectivity index (χ3n) is 8.28. The van der Waals surface area contributed by atoms with E-state index in [2.05, 4.69) is 5.32 Å². The summed E-state index contributed by atoms with van der Waals surface area (Å²) in [7, 11) is 0. The summed E-state index contributed by atoms with van der Waals surface area (Å²) < 4.78 is 12.1. The molecule has 4 unspecified atom stereocenters. The highest BCUT2D eigenvalue weighted by atomic mass is 16.6. The molecule has 2 aromatic carbocycles. The molecule has 2 aromatic rings. The summed E-state index contributed by atoms with van der Waals surface area (Å²) in [5.41, 5.74) is 0.357. The summed E-state index contributed by atoms with van der Waals surface area (Å²) in [5, 5.41) is 14.9. The molecule has 1 heterocycles. The molecule has 2 fully saturated rings. The number of benzene rings is 2. The predicted molar refractivity (Wildman–Crippen MR) is 151 cm³/mol. The average molecular weight is 537 g/mol. The number of aliphatic hydroxyl groups is 1. The van der Waals surface area contributed by atoms with Crippen LogP contribution in [0.25, 0.3) is 0 Å². The van der Waals surface area contributed by atoms with Crippen LogP contribution in [-0.4, -0.2) is 60.0 Å². The summed E-state index contributed by atoms with van der Waals surface area (Å²) in [4.78, 5) is 28.5. The zero-order valence-electron chi connectivity index (χ0n) is 23.2. The SMILES string of the molecule is CC1(OC(=O)c2ccccc2)CN(C(=O)OCc2ccccc2)CCCNCC1C1CCCCCCCC1O. The first-order valence-electron chi connectivity index (χ1n) is 14.6. The Labute approximate surface area is 232 Å². The maximum Gasteiger partial charge on any atom is 0.410 e. The first-order chi connectivity index (χ1) is 19.0. The van der Waals surface area contributed by atoms with Gasteiger partial charge < -0.3 is 24.8 Å².